The van der Waals surface area contributed by atoms with E-state index < -0.39 is 5.60 Å². The molecule has 1 fully saturated rings. The first kappa shape index (κ1) is 14.1. The summed E-state index contributed by atoms with van der Waals surface area (Å²) in [6.07, 6.45) is 3.94. The van der Waals surface area contributed by atoms with Crippen molar-refractivity contribution in [2.24, 2.45) is 5.73 Å². The highest BCUT2D eigenvalue weighted by atomic mass is 35.5. The summed E-state index contributed by atoms with van der Waals surface area (Å²) in [4.78, 5) is 6.35. The van der Waals surface area contributed by atoms with Gasteiger partial charge in [0.2, 0.25) is 0 Å². The zero-order valence-corrected chi connectivity index (χ0v) is 11.7. The molecule has 0 aromatic carbocycles. The van der Waals surface area contributed by atoms with E-state index in [1.807, 2.05) is 6.92 Å². The largest absolute Gasteiger partial charge is 0.390 e. The molecular weight excluding hydrogens is 264 g/mol. The molecule has 0 amide bonds. The minimum absolute atomic E-state index is 0.0598. The van der Waals surface area contributed by atoms with Gasteiger partial charge in [-0.2, -0.15) is 0 Å². The molecule has 1 aromatic rings. The fraction of sp³-hybridized carbons (Fsp3) is 0.538. The smallest absolute Gasteiger partial charge is 0.148 e. The van der Waals surface area contributed by atoms with Gasteiger partial charge in [0.25, 0.3) is 0 Å². The van der Waals surface area contributed by atoms with Gasteiger partial charge in [-0.05, 0) is 32.3 Å². The molecular formula is C13H19ClN4O. The molecule has 0 radical (unpaired) electrons. The fourth-order valence-corrected chi connectivity index (χ4v) is 2.67. The Morgan fingerprint density at radius 2 is 2.26 bits per heavy atom. The van der Waals surface area contributed by atoms with Gasteiger partial charge in [0.05, 0.1) is 10.6 Å². The number of amidine groups is 1. The first-order chi connectivity index (χ1) is 8.91. The summed E-state index contributed by atoms with van der Waals surface area (Å²) in [5.74, 6) is 0.586. The number of halogens is 1. The Morgan fingerprint density at radius 1 is 1.53 bits per heavy atom. The highest BCUT2D eigenvalue weighted by molar-refractivity contribution is 6.36. The van der Waals surface area contributed by atoms with E-state index in [2.05, 4.69) is 9.88 Å². The van der Waals surface area contributed by atoms with Crippen LogP contribution in [0.5, 0.6) is 0 Å². The summed E-state index contributed by atoms with van der Waals surface area (Å²) < 4.78 is 0. The second-order valence-corrected chi connectivity index (χ2v) is 5.63. The molecule has 1 aliphatic heterocycles. The van der Waals surface area contributed by atoms with Crippen molar-refractivity contribution in [3.63, 3.8) is 0 Å². The number of pyridine rings is 1. The maximum absolute atomic E-state index is 10.1. The van der Waals surface area contributed by atoms with Gasteiger partial charge >= 0.3 is 0 Å². The summed E-state index contributed by atoms with van der Waals surface area (Å²) in [5, 5.41) is 18.0. The van der Waals surface area contributed by atoms with E-state index in [9.17, 15) is 5.11 Å². The summed E-state index contributed by atoms with van der Waals surface area (Å²) >= 11 is 6.27. The van der Waals surface area contributed by atoms with Gasteiger partial charge in [0, 0.05) is 24.8 Å². The van der Waals surface area contributed by atoms with Crippen LogP contribution in [0.3, 0.4) is 0 Å². The van der Waals surface area contributed by atoms with E-state index in [-0.39, 0.29) is 5.84 Å². The number of rotatable bonds is 2. The van der Waals surface area contributed by atoms with Crippen LogP contribution >= 0.6 is 11.6 Å². The Hall–Kier alpha value is -1.33. The lowest BCUT2D eigenvalue weighted by Gasteiger charge is -2.24. The van der Waals surface area contributed by atoms with E-state index in [0.717, 1.165) is 19.4 Å². The fourth-order valence-electron chi connectivity index (χ4n) is 2.34. The molecule has 1 saturated heterocycles. The first-order valence-corrected chi connectivity index (χ1v) is 6.75. The van der Waals surface area contributed by atoms with Gasteiger partial charge in [-0.25, -0.2) is 4.98 Å². The number of anilines is 1. The van der Waals surface area contributed by atoms with E-state index in [4.69, 9.17) is 22.7 Å². The second kappa shape index (κ2) is 5.35. The van der Waals surface area contributed by atoms with Gasteiger partial charge < -0.3 is 15.7 Å². The summed E-state index contributed by atoms with van der Waals surface area (Å²) in [7, 11) is 0. The highest BCUT2D eigenvalue weighted by Crippen LogP contribution is 2.30. The number of aliphatic hydroxyl groups is 1. The van der Waals surface area contributed by atoms with Crippen molar-refractivity contribution < 1.29 is 5.11 Å². The summed E-state index contributed by atoms with van der Waals surface area (Å²) in [6.45, 7) is 3.35. The predicted octanol–water partition coefficient (Wildman–Crippen LogP) is 1.76. The molecule has 19 heavy (non-hydrogen) atoms. The summed E-state index contributed by atoms with van der Waals surface area (Å²) in [6, 6.07) is 1.64. The molecule has 6 heteroatoms. The molecule has 0 saturated carbocycles. The lowest BCUT2D eigenvalue weighted by Crippen LogP contribution is -2.29. The normalized spacial score (nSPS) is 24.1. The van der Waals surface area contributed by atoms with E-state index in [1.54, 1.807) is 12.3 Å². The molecule has 2 heterocycles. The van der Waals surface area contributed by atoms with Crippen LogP contribution in [0.15, 0.2) is 12.3 Å². The van der Waals surface area contributed by atoms with Crippen LogP contribution in [0.1, 0.15) is 31.7 Å². The van der Waals surface area contributed by atoms with Crippen molar-refractivity contribution in [3.8, 4) is 0 Å². The Morgan fingerprint density at radius 3 is 2.95 bits per heavy atom. The van der Waals surface area contributed by atoms with Crippen LogP contribution < -0.4 is 10.6 Å². The Bertz CT molecular complexity index is 490. The lowest BCUT2D eigenvalue weighted by atomic mass is 9.98. The predicted molar refractivity (Wildman–Crippen MR) is 77.0 cm³/mol. The number of aromatic nitrogens is 1. The molecule has 1 unspecified atom stereocenters. The van der Waals surface area contributed by atoms with Crippen LogP contribution in [0, 0.1) is 5.41 Å². The van der Waals surface area contributed by atoms with Crippen LogP contribution in [0.25, 0.3) is 0 Å². The van der Waals surface area contributed by atoms with Gasteiger partial charge in [0.1, 0.15) is 11.7 Å². The summed E-state index contributed by atoms with van der Waals surface area (Å²) in [5.41, 5.74) is 5.38. The first-order valence-electron chi connectivity index (χ1n) is 6.37. The average molecular weight is 283 g/mol. The standard InChI is InChI=1S/C13H19ClN4O/c1-13(19)4-2-7-18(8-5-13)12-10(14)9(11(15)16)3-6-17-12/h3,6,19H,2,4-5,7-8H2,1H3,(H3,15,16). The van der Waals surface area contributed by atoms with Crippen molar-refractivity contribution in [1.29, 1.82) is 5.41 Å². The minimum atomic E-state index is -0.626. The van der Waals surface area contributed by atoms with E-state index in [0.29, 0.717) is 29.4 Å². The van der Waals surface area contributed by atoms with Crippen molar-refractivity contribution in [2.75, 3.05) is 18.0 Å². The molecule has 1 aliphatic rings. The molecule has 2 rings (SSSR count). The van der Waals surface area contributed by atoms with Crippen molar-refractivity contribution in [1.82, 2.24) is 4.98 Å². The Labute approximate surface area is 117 Å². The number of hydrogen-bond donors (Lipinski definition) is 3. The Balaban J connectivity index is 2.27. The SMILES string of the molecule is CC1(O)CCCN(c2nccc(C(=N)N)c2Cl)CC1. The highest BCUT2D eigenvalue weighted by Gasteiger charge is 2.26. The third-order valence-corrected chi connectivity index (χ3v) is 3.90. The maximum Gasteiger partial charge on any atom is 0.148 e. The van der Waals surface area contributed by atoms with Crippen LogP contribution in [0.4, 0.5) is 5.82 Å². The van der Waals surface area contributed by atoms with Gasteiger partial charge in [-0.15, -0.1) is 0 Å². The molecule has 1 aromatic heterocycles. The number of nitrogens with two attached hydrogens (primary N) is 1. The quantitative estimate of drug-likeness (QED) is 0.570. The van der Waals surface area contributed by atoms with Gasteiger partial charge in [0.15, 0.2) is 0 Å². The van der Waals surface area contributed by atoms with E-state index >= 15 is 0 Å². The van der Waals surface area contributed by atoms with Crippen LogP contribution in [-0.4, -0.2) is 34.6 Å². The zero-order chi connectivity index (χ0) is 14.0. The number of nitrogens with zero attached hydrogens (tertiary/aromatic N) is 2. The van der Waals surface area contributed by atoms with Crippen molar-refractivity contribution >= 4 is 23.3 Å². The van der Waals surface area contributed by atoms with Crippen LogP contribution in [0.2, 0.25) is 5.02 Å². The third kappa shape index (κ3) is 3.16. The molecule has 0 bridgehead atoms. The topological polar surface area (TPSA) is 86.2 Å². The number of hydrogen-bond acceptors (Lipinski definition) is 4. The van der Waals surface area contributed by atoms with Crippen molar-refractivity contribution in [3.05, 3.63) is 22.8 Å². The number of nitrogen functional groups attached to an aromatic ring is 1. The monoisotopic (exact) mass is 282 g/mol. The zero-order valence-electron chi connectivity index (χ0n) is 11.0. The molecule has 5 nitrogen and oxygen atoms in total. The molecule has 104 valence electrons. The van der Waals surface area contributed by atoms with Crippen molar-refractivity contribution in [2.45, 2.75) is 31.8 Å². The third-order valence-electron chi connectivity index (χ3n) is 3.52. The lowest BCUT2D eigenvalue weighted by molar-refractivity contribution is 0.0481. The molecule has 1 atom stereocenters. The van der Waals surface area contributed by atoms with E-state index in [1.165, 1.54) is 0 Å². The minimum Gasteiger partial charge on any atom is -0.390 e. The average Bonchev–Trinajstić information content (AvgIpc) is 2.50. The van der Waals surface area contributed by atoms with Gasteiger partial charge in [-0.1, -0.05) is 11.6 Å². The van der Waals surface area contributed by atoms with Crippen LogP contribution in [-0.2, 0) is 0 Å². The number of nitrogens with one attached hydrogen (secondary N) is 1. The molecule has 0 spiro atoms. The maximum atomic E-state index is 10.1. The second-order valence-electron chi connectivity index (χ2n) is 5.25. The molecule has 0 aliphatic carbocycles. The molecule has 4 N–H and O–H groups in total. The Kier molecular flexibility index (Phi) is 3.96. The van der Waals surface area contributed by atoms with Gasteiger partial charge in [-0.3, -0.25) is 5.41 Å².